The van der Waals surface area contributed by atoms with Gasteiger partial charge < -0.3 is 9.47 Å². The van der Waals surface area contributed by atoms with Crippen LogP contribution >= 0.6 is 11.8 Å². The molecule has 0 bridgehead atoms. The van der Waals surface area contributed by atoms with Gasteiger partial charge in [0.2, 0.25) is 0 Å². The summed E-state index contributed by atoms with van der Waals surface area (Å²) >= 11 is 2.13. The van der Waals surface area contributed by atoms with E-state index in [-0.39, 0.29) is 0 Å². The third kappa shape index (κ3) is 3.18. The summed E-state index contributed by atoms with van der Waals surface area (Å²) in [6.07, 6.45) is 7.74. The molecule has 4 nitrogen and oxygen atoms in total. The van der Waals surface area contributed by atoms with E-state index in [2.05, 4.69) is 27.7 Å². The van der Waals surface area contributed by atoms with Crippen molar-refractivity contribution in [2.24, 2.45) is 0 Å². The first-order valence-corrected chi connectivity index (χ1v) is 9.28. The van der Waals surface area contributed by atoms with Crippen LogP contribution in [-0.4, -0.2) is 58.8 Å². The van der Waals surface area contributed by atoms with Gasteiger partial charge in [0, 0.05) is 55.2 Å². The largest absolute Gasteiger partial charge is 0.381 e. The van der Waals surface area contributed by atoms with Gasteiger partial charge in [-0.15, -0.1) is 11.8 Å². The SMILES string of the molecule is c1cncc(CO[C@@H]2CSC3(C2)CN(C2CCOCC2)C3)c1. The molecule has 22 heavy (non-hydrogen) atoms. The Hall–Kier alpha value is -0.620. The molecule has 1 aromatic rings. The second-order valence-corrected chi connectivity index (χ2v) is 8.23. The van der Waals surface area contributed by atoms with Crippen molar-refractivity contribution < 1.29 is 9.47 Å². The molecule has 0 saturated carbocycles. The molecule has 1 spiro atoms. The quantitative estimate of drug-likeness (QED) is 0.851. The van der Waals surface area contributed by atoms with E-state index in [0.717, 1.165) is 25.0 Å². The zero-order chi connectivity index (χ0) is 14.8. The minimum Gasteiger partial charge on any atom is -0.381 e. The number of nitrogens with zero attached hydrogens (tertiary/aromatic N) is 2. The lowest BCUT2D eigenvalue weighted by Gasteiger charge is -2.52. The Morgan fingerprint density at radius 3 is 3.00 bits per heavy atom. The number of likely N-dealkylation sites (tertiary alicyclic amines) is 1. The molecule has 0 aliphatic carbocycles. The third-order valence-electron chi connectivity index (χ3n) is 5.07. The van der Waals surface area contributed by atoms with Gasteiger partial charge in [0.1, 0.15) is 0 Å². The molecule has 4 rings (SSSR count). The topological polar surface area (TPSA) is 34.6 Å². The number of pyridine rings is 1. The zero-order valence-electron chi connectivity index (χ0n) is 12.9. The van der Waals surface area contributed by atoms with E-state index in [9.17, 15) is 0 Å². The molecule has 4 heterocycles. The number of rotatable bonds is 4. The van der Waals surface area contributed by atoms with Gasteiger partial charge in [-0.2, -0.15) is 0 Å². The van der Waals surface area contributed by atoms with E-state index >= 15 is 0 Å². The van der Waals surface area contributed by atoms with Gasteiger partial charge in [-0.25, -0.2) is 0 Å². The Kier molecular flexibility index (Phi) is 4.40. The van der Waals surface area contributed by atoms with Gasteiger partial charge in [0.25, 0.3) is 0 Å². The van der Waals surface area contributed by atoms with Crippen LogP contribution in [0.1, 0.15) is 24.8 Å². The summed E-state index contributed by atoms with van der Waals surface area (Å²) < 4.78 is 12.0. The first-order valence-electron chi connectivity index (χ1n) is 8.29. The molecule has 0 radical (unpaired) electrons. The maximum absolute atomic E-state index is 6.10. The van der Waals surface area contributed by atoms with Crippen LogP contribution in [0.4, 0.5) is 0 Å². The first-order chi connectivity index (χ1) is 10.8. The summed E-state index contributed by atoms with van der Waals surface area (Å²) in [6.45, 7) is 5.07. The lowest BCUT2D eigenvalue weighted by atomic mass is 9.89. The highest BCUT2D eigenvalue weighted by Gasteiger charge is 2.50. The van der Waals surface area contributed by atoms with Gasteiger partial charge in [-0.1, -0.05) is 6.07 Å². The van der Waals surface area contributed by atoms with Crippen LogP contribution < -0.4 is 0 Å². The van der Waals surface area contributed by atoms with Crippen molar-refractivity contribution in [3.05, 3.63) is 30.1 Å². The molecular formula is C17H24N2O2S. The minimum atomic E-state index is 0.405. The zero-order valence-corrected chi connectivity index (χ0v) is 13.8. The average Bonchev–Trinajstić information content (AvgIpc) is 2.98. The Morgan fingerprint density at radius 1 is 1.36 bits per heavy atom. The highest BCUT2D eigenvalue weighted by molar-refractivity contribution is 8.01. The van der Waals surface area contributed by atoms with E-state index in [1.807, 2.05) is 18.5 Å². The highest BCUT2D eigenvalue weighted by Crippen LogP contribution is 2.47. The molecule has 5 heteroatoms. The van der Waals surface area contributed by atoms with Crippen LogP contribution in [0.25, 0.3) is 0 Å². The lowest BCUT2D eigenvalue weighted by molar-refractivity contribution is -0.0192. The van der Waals surface area contributed by atoms with Crippen molar-refractivity contribution in [3.8, 4) is 0 Å². The van der Waals surface area contributed by atoms with E-state index in [4.69, 9.17) is 9.47 Å². The predicted molar refractivity (Wildman–Crippen MR) is 88.0 cm³/mol. The molecule has 120 valence electrons. The van der Waals surface area contributed by atoms with Gasteiger partial charge in [-0.3, -0.25) is 9.88 Å². The van der Waals surface area contributed by atoms with Gasteiger partial charge >= 0.3 is 0 Å². The van der Waals surface area contributed by atoms with Crippen molar-refractivity contribution >= 4 is 11.8 Å². The number of hydrogen-bond donors (Lipinski definition) is 0. The summed E-state index contributed by atoms with van der Waals surface area (Å²) in [5.41, 5.74) is 1.17. The van der Waals surface area contributed by atoms with Crippen molar-refractivity contribution in [1.82, 2.24) is 9.88 Å². The number of aromatic nitrogens is 1. The molecular weight excluding hydrogens is 296 g/mol. The van der Waals surface area contributed by atoms with Crippen molar-refractivity contribution in [1.29, 1.82) is 0 Å². The molecule has 0 unspecified atom stereocenters. The van der Waals surface area contributed by atoms with Gasteiger partial charge in [-0.05, 0) is 30.9 Å². The normalized spacial score (nSPS) is 28.8. The summed E-state index contributed by atoms with van der Waals surface area (Å²) in [5.74, 6) is 1.14. The summed E-state index contributed by atoms with van der Waals surface area (Å²) in [6, 6.07) is 4.82. The first kappa shape index (κ1) is 14.9. The summed E-state index contributed by atoms with van der Waals surface area (Å²) in [5, 5.41) is 0. The molecule has 3 saturated heterocycles. The Labute approximate surface area is 136 Å². The molecule has 3 aliphatic rings. The van der Waals surface area contributed by atoms with Crippen LogP contribution in [0.3, 0.4) is 0 Å². The molecule has 0 amide bonds. The van der Waals surface area contributed by atoms with Crippen LogP contribution in [0.15, 0.2) is 24.5 Å². The molecule has 0 N–H and O–H groups in total. The standard InChI is InChI=1S/C17H24N2O2S/c1-2-14(9-18-5-1)10-21-16-8-17(22-11-16)12-19(13-17)15-3-6-20-7-4-15/h1-2,5,9,15-16H,3-4,6-8,10-13H2/t16-/m0/s1. The Morgan fingerprint density at radius 2 is 2.23 bits per heavy atom. The van der Waals surface area contributed by atoms with Crippen molar-refractivity contribution in [3.63, 3.8) is 0 Å². The van der Waals surface area contributed by atoms with Crippen LogP contribution in [0.5, 0.6) is 0 Å². The molecule has 3 fully saturated rings. The van der Waals surface area contributed by atoms with Gasteiger partial charge in [0.05, 0.1) is 12.7 Å². The maximum Gasteiger partial charge on any atom is 0.0736 e. The second-order valence-electron chi connectivity index (χ2n) is 6.74. The predicted octanol–water partition coefficient (Wildman–Crippen LogP) is 2.34. The Balaban J connectivity index is 1.23. The van der Waals surface area contributed by atoms with Crippen LogP contribution in [0.2, 0.25) is 0 Å². The van der Waals surface area contributed by atoms with Gasteiger partial charge in [0.15, 0.2) is 0 Å². The van der Waals surface area contributed by atoms with Crippen LogP contribution in [0, 0.1) is 0 Å². The average molecular weight is 320 g/mol. The highest BCUT2D eigenvalue weighted by atomic mass is 32.2. The number of ether oxygens (including phenoxy) is 2. The smallest absolute Gasteiger partial charge is 0.0736 e. The molecule has 0 aromatic carbocycles. The molecule has 1 aromatic heterocycles. The fourth-order valence-corrected chi connectivity index (χ4v) is 5.40. The summed E-state index contributed by atoms with van der Waals surface area (Å²) in [4.78, 5) is 6.81. The minimum absolute atomic E-state index is 0.405. The van der Waals surface area contributed by atoms with Crippen molar-refractivity contribution in [2.45, 2.75) is 42.8 Å². The van der Waals surface area contributed by atoms with Crippen molar-refractivity contribution in [2.75, 3.05) is 32.1 Å². The third-order valence-corrected chi connectivity index (χ3v) is 6.65. The fourth-order valence-electron chi connectivity index (χ4n) is 3.83. The van der Waals surface area contributed by atoms with Crippen LogP contribution in [-0.2, 0) is 16.1 Å². The van der Waals surface area contributed by atoms with E-state index in [1.165, 1.54) is 37.9 Å². The number of hydrogen-bond acceptors (Lipinski definition) is 5. The monoisotopic (exact) mass is 320 g/mol. The molecule has 3 aliphatic heterocycles. The Bertz CT molecular complexity index is 487. The van der Waals surface area contributed by atoms with E-state index in [0.29, 0.717) is 17.5 Å². The fraction of sp³-hybridized carbons (Fsp3) is 0.706. The van der Waals surface area contributed by atoms with E-state index in [1.54, 1.807) is 0 Å². The second kappa shape index (κ2) is 6.48. The lowest BCUT2D eigenvalue weighted by Crippen LogP contribution is -2.62. The molecule has 1 atom stereocenters. The number of thioether (sulfide) groups is 1. The summed E-state index contributed by atoms with van der Waals surface area (Å²) in [7, 11) is 0. The maximum atomic E-state index is 6.10. The van der Waals surface area contributed by atoms with E-state index < -0.39 is 0 Å².